The molecule has 0 aliphatic carbocycles. The second kappa shape index (κ2) is 4.09. The monoisotopic (exact) mass is 238 g/mol. The summed E-state index contributed by atoms with van der Waals surface area (Å²) < 4.78 is 3.53. The van der Waals surface area contributed by atoms with Crippen molar-refractivity contribution < 1.29 is 4.79 Å². The lowest BCUT2D eigenvalue weighted by molar-refractivity contribution is 0.111. The van der Waals surface area contributed by atoms with Crippen LogP contribution >= 0.6 is 11.6 Å². The first-order valence-corrected chi connectivity index (χ1v) is 5.14. The highest BCUT2D eigenvalue weighted by Gasteiger charge is 2.11. The van der Waals surface area contributed by atoms with E-state index >= 15 is 0 Å². The van der Waals surface area contributed by atoms with Crippen LogP contribution < -0.4 is 0 Å². The van der Waals surface area contributed by atoms with E-state index in [0.717, 1.165) is 11.4 Å². The molecule has 0 N–H and O–H groups in total. The van der Waals surface area contributed by atoms with Crippen molar-refractivity contribution in [2.24, 2.45) is 7.05 Å². The number of hydrogen-bond donors (Lipinski definition) is 0. The highest BCUT2D eigenvalue weighted by atomic mass is 35.5. The molecular weight excluding hydrogens is 228 g/mol. The maximum Gasteiger partial charge on any atom is 0.169 e. The van der Waals surface area contributed by atoms with Crippen molar-refractivity contribution in [3.63, 3.8) is 0 Å². The van der Waals surface area contributed by atoms with Gasteiger partial charge in [0.15, 0.2) is 6.29 Å². The maximum atomic E-state index is 10.5. The molecule has 0 aliphatic rings. The van der Waals surface area contributed by atoms with Crippen LogP contribution in [0.5, 0.6) is 0 Å². The number of rotatable bonds is 3. The molecule has 0 bridgehead atoms. The summed E-state index contributed by atoms with van der Waals surface area (Å²) >= 11 is 6.12. The van der Waals surface area contributed by atoms with Gasteiger partial charge in [-0.3, -0.25) is 9.48 Å². The van der Waals surface area contributed by atoms with Gasteiger partial charge in [0.25, 0.3) is 0 Å². The number of carbonyl (C=O) groups excluding carboxylic acids is 1. The minimum atomic E-state index is 0.412. The van der Waals surface area contributed by atoms with Crippen LogP contribution in [0.1, 0.15) is 21.9 Å². The molecule has 0 spiro atoms. The number of nitrogens with zero attached hydrogens (tertiary/aromatic N) is 4. The fourth-order valence-corrected chi connectivity index (χ4v) is 1.77. The molecule has 0 amide bonds. The Kier molecular flexibility index (Phi) is 2.78. The molecular formula is C10H11ClN4O. The van der Waals surface area contributed by atoms with Gasteiger partial charge in [-0.05, 0) is 6.92 Å². The third kappa shape index (κ3) is 1.86. The molecule has 2 aromatic heterocycles. The first kappa shape index (κ1) is 10.9. The highest BCUT2D eigenvalue weighted by molar-refractivity contribution is 6.31. The van der Waals surface area contributed by atoms with E-state index in [-0.39, 0.29) is 0 Å². The smallest absolute Gasteiger partial charge is 0.169 e. The molecule has 0 saturated heterocycles. The number of imidazole rings is 1. The Labute approximate surface area is 97.7 Å². The van der Waals surface area contributed by atoms with Crippen LogP contribution in [0.15, 0.2) is 12.5 Å². The van der Waals surface area contributed by atoms with Gasteiger partial charge in [-0.2, -0.15) is 5.10 Å². The first-order valence-electron chi connectivity index (χ1n) is 4.76. The van der Waals surface area contributed by atoms with Crippen LogP contribution in [0.3, 0.4) is 0 Å². The fraction of sp³-hybridized carbons (Fsp3) is 0.300. The van der Waals surface area contributed by atoms with Crippen molar-refractivity contribution in [1.29, 1.82) is 0 Å². The zero-order valence-corrected chi connectivity index (χ0v) is 9.77. The normalized spacial score (nSPS) is 10.7. The van der Waals surface area contributed by atoms with E-state index in [1.54, 1.807) is 21.8 Å². The molecule has 6 heteroatoms. The van der Waals surface area contributed by atoms with Gasteiger partial charge < -0.3 is 4.57 Å². The largest absolute Gasteiger partial charge is 0.331 e. The Morgan fingerprint density at radius 1 is 1.56 bits per heavy atom. The second-order valence-corrected chi connectivity index (χ2v) is 3.94. The fourth-order valence-electron chi connectivity index (χ4n) is 1.55. The van der Waals surface area contributed by atoms with Gasteiger partial charge in [0.2, 0.25) is 0 Å². The number of hydrogen-bond acceptors (Lipinski definition) is 3. The number of halogens is 1. The van der Waals surface area contributed by atoms with E-state index in [1.165, 1.54) is 0 Å². The molecule has 84 valence electrons. The van der Waals surface area contributed by atoms with E-state index in [2.05, 4.69) is 10.1 Å². The lowest BCUT2D eigenvalue weighted by Crippen LogP contribution is -2.04. The van der Waals surface area contributed by atoms with Crippen molar-refractivity contribution >= 4 is 17.9 Å². The van der Waals surface area contributed by atoms with Gasteiger partial charge in [-0.15, -0.1) is 0 Å². The summed E-state index contributed by atoms with van der Waals surface area (Å²) in [5.74, 6) is 0. The Hall–Kier alpha value is -1.62. The Morgan fingerprint density at radius 2 is 2.31 bits per heavy atom. The number of aryl methyl sites for hydroxylation is 2. The maximum absolute atomic E-state index is 10.5. The zero-order valence-electron chi connectivity index (χ0n) is 9.01. The van der Waals surface area contributed by atoms with Gasteiger partial charge in [0, 0.05) is 13.2 Å². The van der Waals surface area contributed by atoms with E-state index in [1.807, 2.05) is 14.0 Å². The Bertz CT molecular complexity index is 529. The van der Waals surface area contributed by atoms with E-state index in [9.17, 15) is 4.79 Å². The van der Waals surface area contributed by atoms with Crippen LogP contribution in [0.4, 0.5) is 0 Å². The van der Waals surface area contributed by atoms with Gasteiger partial charge in [0.1, 0.15) is 5.69 Å². The minimum absolute atomic E-state index is 0.412. The lowest BCUT2D eigenvalue weighted by Gasteiger charge is -2.03. The summed E-state index contributed by atoms with van der Waals surface area (Å²) in [5.41, 5.74) is 2.11. The molecule has 0 aromatic carbocycles. The Balaban J connectivity index is 2.29. The van der Waals surface area contributed by atoms with Gasteiger partial charge >= 0.3 is 0 Å². The van der Waals surface area contributed by atoms with E-state index in [0.29, 0.717) is 23.5 Å². The Morgan fingerprint density at radius 3 is 2.81 bits per heavy atom. The van der Waals surface area contributed by atoms with E-state index in [4.69, 9.17) is 11.6 Å². The molecule has 2 rings (SSSR count). The number of aromatic nitrogens is 4. The van der Waals surface area contributed by atoms with Crippen molar-refractivity contribution in [2.75, 3.05) is 0 Å². The first-order chi connectivity index (χ1) is 7.61. The molecule has 0 aliphatic heterocycles. The summed E-state index contributed by atoms with van der Waals surface area (Å²) in [6, 6.07) is 0. The molecule has 2 heterocycles. The molecule has 0 radical (unpaired) electrons. The molecule has 0 atom stereocenters. The topological polar surface area (TPSA) is 52.7 Å². The lowest BCUT2D eigenvalue weighted by atomic mass is 10.3. The third-order valence-electron chi connectivity index (χ3n) is 2.37. The van der Waals surface area contributed by atoms with Crippen LogP contribution in [0.25, 0.3) is 0 Å². The summed E-state index contributed by atoms with van der Waals surface area (Å²) in [6.45, 7) is 2.41. The quantitative estimate of drug-likeness (QED) is 0.761. The molecule has 2 aromatic rings. The van der Waals surface area contributed by atoms with E-state index < -0.39 is 0 Å². The average molecular weight is 239 g/mol. The van der Waals surface area contributed by atoms with Gasteiger partial charge in [0.05, 0.1) is 29.3 Å². The summed E-state index contributed by atoms with van der Waals surface area (Å²) in [4.78, 5) is 14.4. The molecule has 0 unspecified atom stereocenters. The van der Waals surface area contributed by atoms with Crippen LogP contribution in [-0.2, 0) is 13.6 Å². The highest BCUT2D eigenvalue weighted by Crippen LogP contribution is 2.20. The number of carbonyl (C=O) groups is 1. The van der Waals surface area contributed by atoms with Gasteiger partial charge in [-0.25, -0.2) is 4.98 Å². The molecule has 5 nitrogen and oxygen atoms in total. The summed E-state index contributed by atoms with van der Waals surface area (Å²) in [7, 11) is 1.84. The molecule has 0 saturated carbocycles. The predicted molar refractivity (Wildman–Crippen MR) is 59.7 cm³/mol. The van der Waals surface area contributed by atoms with Crippen molar-refractivity contribution in [3.05, 3.63) is 34.6 Å². The minimum Gasteiger partial charge on any atom is -0.331 e. The summed E-state index contributed by atoms with van der Waals surface area (Å²) in [5, 5.41) is 4.87. The predicted octanol–water partition coefficient (Wildman–Crippen LogP) is 1.44. The van der Waals surface area contributed by atoms with Crippen LogP contribution in [-0.4, -0.2) is 25.6 Å². The molecule has 0 fully saturated rings. The number of aldehydes is 1. The van der Waals surface area contributed by atoms with Crippen molar-refractivity contribution in [3.8, 4) is 0 Å². The molecule has 16 heavy (non-hydrogen) atoms. The van der Waals surface area contributed by atoms with Crippen LogP contribution in [0, 0.1) is 6.92 Å². The summed E-state index contributed by atoms with van der Waals surface area (Å²) in [6.07, 6.45) is 3.99. The third-order valence-corrected chi connectivity index (χ3v) is 2.86. The average Bonchev–Trinajstić information content (AvgIpc) is 2.80. The zero-order chi connectivity index (χ0) is 11.7. The second-order valence-electron chi connectivity index (χ2n) is 3.56. The van der Waals surface area contributed by atoms with Crippen molar-refractivity contribution in [1.82, 2.24) is 19.3 Å². The SMILES string of the molecule is Cc1nn(C)c(Cn2cnc(C=O)c2)c1Cl. The standard InChI is InChI=1S/C10H11ClN4O/c1-7-10(11)9(14(2)13-7)4-15-3-8(5-16)12-6-15/h3,5-6H,4H2,1-2H3. The van der Waals surface area contributed by atoms with Gasteiger partial charge in [-0.1, -0.05) is 11.6 Å². The van der Waals surface area contributed by atoms with Crippen molar-refractivity contribution in [2.45, 2.75) is 13.5 Å². The van der Waals surface area contributed by atoms with Crippen LogP contribution in [0.2, 0.25) is 5.02 Å².